The lowest BCUT2D eigenvalue weighted by Crippen LogP contribution is -2.13. The standard InChI is InChI=1S/C14H18O5/c1-2-18-13(15)8-9-17-10-11-19-14(16)12-6-4-3-5-7-12/h3-7H,2,8-11H2,1H3. The van der Waals surface area contributed by atoms with Crippen molar-refractivity contribution in [3.63, 3.8) is 0 Å². The van der Waals surface area contributed by atoms with Crippen LogP contribution < -0.4 is 0 Å². The van der Waals surface area contributed by atoms with Gasteiger partial charge in [-0.2, -0.15) is 0 Å². The number of hydrogen-bond acceptors (Lipinski definition) is 5. The number of benzene rings is 1. The van der Waals surface area contributed by atoms with Crippen LogP contribution in [0.3, 0.4) is 0 Å². The Morgan fingerprint density at radius 3 is 2.42 bits per heavy atom. The minimum absolute atomic E-state index is 0.163. The molecule has 0 radical (unpaired) electrons. The molecule has 104 valence electrons. The topological polar surface area (TPSA) is 61.8 Å². The lowest BCUT2D eigenvalue weighted by molar-refractivity contribution is -0.144. The molecule has 0 aliphatic heterocycles. The average molecular weight is 266 g/mol. The first kappa shape index (κ1) is 15.2. The van der Waals surface area contributed by atoms with E-state index in [0.29, 0.717) is 12.2 Å². The lowest BCUT2D eigenvalue weighted by Gasteiger charge is -2.06. The summed E-state index contributed by atoms with van der Waals surface area (Å²) in [4.78, 5) is 22.5. The van der Waals surface area contributed by atoms with Gasteiger partial charge >= 0.3 is 11.9 Å². The summed E-state index contributed by atoms with van der Waals surface area (Å²) < 4.78 is 14.9. The van der Waals surface area contributed by atoms with E-state index in [2.05, 4.69) is 0 Å². The van der Waals surface area contributed by atoms with Gasteiger partial charge in [-0.3, -0.25) is 4.79 Å². The van der Waals surface area contributed by atoms with Crippen molar-refractivity contribution in [2.75, 3.05) is 26.4 Å². The second-order valence-electron chi connectivity index (χ2n) is 3.67. The molecule has 0 aromatic heterocycles. The molecular weight excluding hydrogens is 248 g/mol. The van der Waals surface area contributed by atoms with Crippen LogP contribution in [0.2, 0.25) is 0 Å². The first-order valence-electron chi connectivity index (χ1n) is 6.19. The zero-order valence-corrected chi connectivity index (χ0v) is 11.0. The summed E-state index contributed by atoms with van der Waals surface area (Å²) in [7, 11) is 0. The fraction of sp³-hybridized carbons (Fsp3) is 0.429. The van der Waals surface area contributed by atoms with E-state index in [4.69, 9.17) is 14.2 Å². The van der Waals surface area contributed by atoms with Gasteiger partial charge in [-0.25, -0.2) is 4.79 Å². The maximum atomic E-state index is 11.5. The number of rotatable bonds is 8. The van der Waals surface area contributed by atoms with E-state index < -0.39 is 0 Å². The predicted molar refractivity (Wildman–Crippen MR) is 68.8 cm³/mol. The smallest absolute Gasteiger partial charge is 0.338 e. The molecular formula is C14H18O5. The monoisotopic (exact) mass is 266 g/mol. The van der Waals surface area contributed by atoms with Crippen molar-refractivity contribution in [3.05, 3.63) is 35.9 Å². The van der Waals surface area contributed by atoms with E-state index in [1.807, 2.05) is 6.07 Å². The summed E-state index contributed by atoms with van der Waals surface area (Å²) in [5.41, 5.74) is 0.508. The molecule has 0 saturated heterocycles. The van der Waals surface area contributed by atoms with Gasteiger partial charge in [-0.1, -0.05) is 18.2 Å². The second kappa shape index (κ2) is 9.10. The average Bonchev–Trinajstić information content (AvgIpc) is 2.43. The van der Waals surface area contributed by atoms with E-state index in [9.17, 15) is 9.59 Å². The van der Waals surface area contributed by atoms with E-state index in [-0.39, 0.29) is 38.2 Å². The Kier molecular flexibility index (Phi) is 7.27. The Bertz CT molecular complexity index is 388. The van der Waals surface area contributed by atoms with Crippen LogP contribution in [0, 0.1) is 0 Å². The van der Waals surface area contributed by atoms with Gasteiger partial charge < -0.3 is 14.2 Å². The van der Waals surface area contributed by atoms with Gasteiger partial charge in [0.2, 0.25) is 0 Å². The molecule has 0 aliphatic carbocycles. The van der Waals surface area contributed by atoms with Gasteiger partial charge in [0.15, 0.2) is 0 Å². The van der Waals surface area contributed by atoms with Crippen LogP contribution in [0.1, 0.15) is 23.7 Å². The van der Waals surface area contributed by atoms with Crippen LogP contribution in [-0.4, -0.2) is 38.4 Å². The number of carbonyl (C=O) groups is 2. The summed E-state index contributed by atoms with van der Waals surface area (Å²) in [6.07, 6.45) is 0.209. The van der Waals surface area contributed by atoms with Gasteiger partial charge in [-0.05, 0) is 19.1 Å². The van der Waals surface area contributed by atoms with E-state index in [1.54, 1.807) is 31.2 Å². The Labute approximate surface area is 112 Å². The molecule has 0 atom stereocenters. The summed E-state index contributed by atoms with van der Waals surface area (Å²) in [5.74, 6) is -0.668. The normalized spacial score (nSPS) is 9.95. The Morgan fingerprint density at radius 1 is 1.00 bits per heavy atom. The van der Waals surface area contributed by atoms with Crippen molar-refractivity contribution in [2.24, 2.45) is 0 Å². The summed E-state index contributed by atoms with van der Waals surface area (Å²) in [6, 6.07) is 8.74. The van der Waals surface area contributed by atoms with Crippen LogP contribution in [-0.2, 0) is 19.0 Å². The van der Waals surface area contributed by atoms with Crippen molar-refractivity contribution in [1.82, 2.24) is 0 Å². The third-order valence-electron chi connectivity index (χ3n) is 2.23. The van der Waals surface area contributed by atoms with Gasteiger partial charge in [0.1, 0.15) is 6.61 Å². The molecule has 19 heavy (non-hydrogen) atoms. The highest BCUT2D eigenvalue weighted by Crippen LogP contribution is 2.00. The van der Waals surface area contributed by atoms with Crippen molar-refractivity contribution in [3.8, 4) is 0 Å². The van der Waals surface area contributed by atoms with Crippen LogP contribution >= 0.6 is 0 Å². The second-order valence-corrected chi connectivity index (χ2v) is 3.67. The predicted octanol–water partition coefficient (Wildman–Crippen LogP) is 1.81. The fourth-order valence-corrected chi connectivity index (χ4v) is 1.34. The Hall–Kier alpha value is -1.88. The molecule has 5 heteroatoms. The van der Waals surface area contributed by atoms with E-state index in [0.717, 1.165) is 0 Å². The third-order valence-corrected chi connectivity index (χ3v) is 2.23. The highest BCUT2D eigenvalue weighted by atomic mass is 16.6. The minimum atomic E-state index is -0.380. The molecule has 0 fully saturated rings. The van der Waals surface area contributed by atoms with Gasteiger partial charge in [0, 0.05) is 0 Å². The molecule has 0 saturated carbocycles. The van der Waals surface area contributed by atoms with Crippen molar-refractivity contribution in [2.45, 2.75) is 13.3 Å². The first-order chi connectivity index (χ1) is 9.24. The SMILES string of the molecule is CCOC(=O)CCOCCOC(=O)c1ccccc1. The van der Waals surface area contributed by atoms with Gasteiger partial charge in [-0.15, -0.1) is 0 Å². The maximum absolute atomic E-state index is 11.5. The molecule has 1 rings (SSSR count). The third kappa shape index (κ3) is 6.57. The number of esters is 2. The van der Waals surface area contributed by atoms with Crippen LogP contribution in [0.15, 0.2) is 30.3 Å². The van der Waals surface area contributed by atoms with Gasteiger partial charge in [0.05, 0.1) is 31.8 Å². The zero-order valence-electron chi connectivity index (χ0n) is 11.0. The highest BCUT2D eigenvalue weighted by Gasteiger charge is 2.05. The maximum Gasteiger partial charge on any atom is 0.338 e. The Balaban J connectivity index is 2.05. The lowest BCUT2D eigenvalue weighted by atomic mass is 10.2. The molecule has 0 N–H and O–H groups in total. The van der Waals surface area contributed by atoms with Crippen molar-refractivity contribution < 1.29 is 23.8 Å². The quantitative estimate of drug-likeness (QED) is 0.530. The Morgan fingerprint density at radius 2 is 1.74 bits per heavy atom. The number of carbonyl (C=O) groups excluding carboxylic acids is 2. The molecule has 0 aliphatic rings. The first-order valence-corrected chi connectivity index (χ1v) is 6.19. The summed E-state index contributed by atoms with van der Waals surface area (Å²) >= 11 is 0. The molecule has 5 nitrogen and oxygen atoms in total. The highest BCUT2D eigenvalue weighted by molar-refractivity contribution is 5.89. The van der Waals surface area contributed by atoms with Crippen molar-refractivity contribution in [1.29, 1.82) is 0 Å². The van der Waals surface area contributed by atoms with Crippen LogP contribution in [0.25, 0.3) is 0 Å². The summed E-state index contributed by atoms with van der Waals surface area (Å²) in [5, 5.41) is 0. The molecule has 0 bridgehead atoms. The number of hydrogen-bond donors (Lipinski definition) is 0. The van der Waals surface area contributed by atoms with Crippen LogP contribution in [0.5, 0.6) is 0 Å². The van der Waals surface area contributed by atoms with E-state index >= 15 is 0 Å². The van der Waals surface area contributed by atoms with E-state index in [1.165, 1.54) is 0 Å². The summed E-state index contributed by atoms with van der Waals surface area (Å²) in [6.45, 7) is 2.81. The minimum Gasteiger partial charge on any atom is -0.466 e. The molecule has 1 aromatic rings. The van der Waals surface area contributed by atoms with Crippen LogP contribution in [0.4, 0.5) is 0 Å². The zero-order chi connectivity index (χ0) is 13.9. The fourth-order valence-electron chi connectivity index (χ4n) is 1.34. The molecule has 0 amide bonds. The largest absolute Gasteiger partial charge is 0.466 e. The van der Waals surface area contributed by atoms with Gasteiger partial charge in [0.25, 0.3) is 0 Å². The molecule has 1 aromatic carbocycles. The molecule has 0 heterocycles. The molecule has 0 unspecified atom stereocenters. The van der Waals surface area contributed by atoms with Crippen molar-refractivity contribution >= 4 is 11.9 Å². The molecule has 0 spiro atoms. The number of ether oxygens (including phenoxy) is 3.